The van der Waals surface area contributed by atoms with E-state index in [4.69, 9.17) is 4.74 Å². The predicted octanol–water partition coefficient (Wildman–Crippen LogP) is 4.45. The van der Waals surface area contributed by atoms with Crippen LogP contribution in [0.25, 0.3) is 0 Å². The molecule has 236 valence electrons. The summed E-state index contributed by atoms with van der Waals surface area (Å²) in [6, 6.07) is 6.16. The molecule has 3 fully saturated rings. The van der Waals surface area contributed by atoms with E-state index in [9.17, 15) is 35.9 Å². The summed E-state index contributed by atoms with van der Waals surface area (Å²) < 4.78 is 86.0. The number of rotatable bonds is 6. The van der Waals surface area contributed by atoms with Crippen LogP contribution < -0.4 is 4.90 Å². The van der Waals surface area contributed by atoms with E-state index in [0.717, 1.165) is 47.9 Å². The summed E-state index contributed by atoms with van der Waals surface area (Å²) >= 11 is 0. The first-order valence-corrected chi connectivity index (χ1v) is 14.0. The Labute approximate surface area is 241 Å². The quantitative estimate of drug-likeness (QED) is 0.349. The number of hydrogen-bond donors (Lipinski definition) is 0. The minimum atomic E-state index is -5.75. The van der Waals surface area contributed by atoms with E-state index in [1.807, 2.05) is 44.7 Å². The molecule has 3 aliphatic heterocycles. The summed E-state index contributed by atoms with van der Waals surface area (Å²) in [5.74, 6) is 0.592. The highest BCUT2D eigenvalue weighted by Crippen LogP contribution is 2.37. The van der Waals surface area contributed by atoms with Crippen molar-refractivity contribution in [2.75, 3.05) is 63.8 Å². The monoisotopic (exact) mass is 608 g/mol. The molecule has 1 aromatic rings. The van der Waals surface area contributed by atoms with Crippen molar-refractivity contribution in [2.45, 2.75) is 58.3 Å². The van der Waals surface area contributed by atoms with Gasteiger partial charge in [-0.25, -0.2) is 4.79 Å². The van der Waals surface area contributed by atoms with Crippen molar-refractivity contribution in [1.82, 2.24) is 14.7 Å². The van der Waals surface area contributed by atoms with Gasteiger partial charge < -0.3 is 19.3 Å². The van der Waals surface area contributed by atoms with E-state index in [0.29, 0.717) is 18.4 Å². The molecule has 2 unspecified atom stereocenters. The Morgan fingerprint density at radius 2 is 1.45 bits per heavy atom. The molecule has 2 atom stereocenters. The van der Waals surface area contributed by atoms with E-state index < -0.39 is 30.2 Å². The molecule has 0 aliphatic carbocycles. The Morgan fingerprint density at radius 1 is 0.881 bits per heavy atom. The van der Waals surface area contributed by atoms with Gasteiger partial charge in [-0.2, -0.15) is 26.3 Å². The zero-order chi connectivity index (χ0) is 31.0. The number of piperazine rings is 1. The van der Waals surface area contributed by atoms with Crippen LogP contribution in [-0.2, 0) is 20.8 Å². The number of esters is 1. The standard InChI is InChI=1S/C28H38F6N4O4/c1-18-5-6-19(12-35-7-9-37(10-8-35)25(40)41-24(27(29,30)31)28(32,33)34)22(11-18)38-15-20-13-36(14-21(20)16-38)17-23(39)42-26(2,3)4/h5-6,11,20-21,24H,7-10,12-17H2,1-4H3. The van der Waals surface area contributed by atoms with Crippen LogP contribution in [0.4, 0.5) is 36.8 Å². The zero-order valence-corrected chi connectivity index (χ0v) is 24.2. The molecule has 4 rings (SSSR count). The Hall–Kier alpha value is -2.74. The van der Waals surface area contributed by atoms with Crippen LogP contribution >= 0.6 is 0 Å². The Morgan fingerprint density at radius 3 is 1.98 bits per heavy atom. The van der Waals surface area contributed by atoms with Crippen LogP contribution in [-0.4, -0.2) is 110 Å². The zero-order valence-electron chi connectivity index (χ0n) is 24.2. The number of nitrogens with zero attached hydrogens (tertiary/aromatic N) is 4. The number of likely N-dealkylation sites (tertiary alicyclic amines) is 1. The minimum absolute atomic E-state index is 0.0518. The van der Waals surface area contributed by atoms with E-state index in [-0.39, 0.29) is 38.7 Å². The number of amides is 1. The fourth-order valence-electron chi connectivity index (χ4n) is 5.90. The van der Waals surface area contributed by atoms with E-state index in [1.165, 1.54) is 0 Å². The van der Waals surface area contributed by atoms with Crippen LogP contribution in [0, 0.1) is 18.8 Å². The van der Waals surface area contributed by atoms with E-state index in [1.54, 1.807) is 0 Å². The van der Waals surface area contributed by atoms with Crippen molar-refractivity contribution in [2.24, 2.45) is 11.8 Å². The summed E-state index contributed by atoms with van der Waals surface area (Å²) in [5, 5.41) is 0. The molecule has 1 aromatic carbocycles. The van der Waals surface area contributed by atoms with Gasteiger partial charge in [-0.05, 0) is 56.7 Å². The molecule has 42 heavy (non-hydrogen) atoms. The maximum atomic E-state index is 12.8. The van der Waals surface area contributed by atoms with Crippen LogP contribution in [0.15, 0.2) is 18.2 Å². The SMILES string of the molecule is Cc1ccc(CN2CCN(C(=O)OC(C(F)(F)F)C(F)(F)F)CC2)c(N2CC3CN(CC(=O)OC(C)(C)C)CC3C2)c1. The number of benzene rings is 1. The van der Waals surface area contributed by atoms with Gasteiger partial charge in [0.1, 0.15) is 5.60 Å². The lowest BCUT2D eigenvalue weighted by Crippen LogP contribution is -2.52. The van der Waals surface area contributed by atoms with Gasteiger partial charge in [0, 0.05) is 64.6 Å². The lowest BCUT2D eigenvalue weighted by atomic mass is 10.0. The topological polar surface area (TPSA) is 65.6 Å². The number of ether oxygens (including phenoxy) is 2. The van der Waals surface area contributed by atoms with Gasteiger partial charge in [0.05, 0.1) is 6.54 Å². The second-order valence-corrected chi connectivity index (χ2v) is 12.4. The van der Waals surface area contributed by atoms with Crippen LogP contribution in [0.1, 0.15) is 31.9 Å². The predicted molar refractivity (Wildman–Crippen MR) is 142 cm³/mol. The number of carbonyl (C=O) groups is 2. The fraction of sp³-hybridized carbons (Fsp3) is 0.714. The molecule has 3 saturated heterocycles. The van der Waals surface area contributed by atoms with Gasteiger partial charge in [0.25, 0.3) is 6.10 Å². The number of alkyl halides is 6. The molecule has 0 spiro atoms. The van der Waals surface area contributed by atoms with Crippen molar-refractivity contribution < 1.29 is 45.4 Å². The largest absolute Gasteiger partial charge is 0.459 e. The molecule has 3 heterocycles. The molecule has 14 heteroatoms. The van der Waals surface area contributed by atoms with Gasteiger partial charge >= 0.3 is 24.4 Å². The molecule has 1 amide bonds. The first kappa shape index (κ1) is 32.2. The number of carbonyl (C=O) groups excluding carboxylic acids is 2. The van der Waals surface area contributed by atoms with Gasteiger partial charge in [-0.3, -0.25) is 14.6 Å². The lowest BCUT2D eigenvalue weighted by Gasteiger charge is -2.36. The molecule has 0 radical (unpaired) electrons. The molecular formula is C28H38F6N4O4. The third-order valence-corrected chi connectivity index (χ3v) is 7.75. The van der Waals surface area contributed by atoms with Gasteiger partial charge in [0.2, 0.25) is 0 Å². The third-order valence-electron chi connectivity index (χ3n) is 7.75. The summed E-state index contributed by atoms with van der Waals surface area (Å²) in [6.45, 7) is 12.1. The van der Waals surface area contributed by atoms with Crippen LogP contribution in [0.5, 0.6) is 0 Å². The van der Waals surface area contributed by atoms with Crippen molar-refractivity contribution in [3.63, 3.8) is 0 Å². The Bertz CT molecular complexity index is 1100. The molecule has 8 nitrogen and oxygen atoms in total. The highest BCUT2D eigenvalue weighted by atomic mass is 19.4. The smallest absolute Gasteiger partial charge is 0.434 e. The molecule has 3 aliphatic rings. The average Bonchev–Trinajstić information content (AvgIpc) is 3.40. The van der Waals surface area contributed by atoms with Crippen LogP contribution in [0.3, 0.4) is 0 Å². The average molecular weight is 609 g/mol. The molecule has 0 N–H and O–H groups in total. The maximum Gasteiger partial charge on any atom is 0.434 e. The van der Waals surface area contributed by atoms with Crippen molar-refractivity contribution in [3.05, 3.63) is 29.3 Å². The first-order valence-electron chi connectivity index (χ1n) is 14.0. The Kier molecular flexibility index (Phi) is 9.27. The maximum absolute atomic E-state index is 12.8. The summed E-state index contributed by atoms with van der Waals surface area (Å²) in [5.41, 5.74) is 2.71. The van der Waals surface area contributed by atoms with Crippen molar-refractivity contribution in [3.8, 4) is 0 Å². The number of hydrogen-bond acceptors (Lipinski definition) is 7. The summed E-state index contributed by atoms with van der Waals surface area (Å²) in [6.07, 6.45) is -17.3. The second-order valence-electron chi connectivity index (χ2n) is 12.4. The number of aryl methyl sites for hydroxylation is 1. The lowest BCUT2D eigenvalue weighted by molar-refractivity contribution is -0.308. The number of halogens is 6. The van der Waals surface area contributed by atoms with Gasteiger partial charge in [0.15, 0.2) is 0 Å². The van der Waals surface area contributed by atoms with Gasteiger partial charge in [-0.1, -0.05) is 12.1 Å². The van der Waals surface area contributed by atoms with E-state index >= 15 is 0 Å². The van der Waals surface area contributed by atoms with Gasteiger partial charge in [-0.15, -0.1) is 0 Å². The minimum Gasteiger partial charge on any atom is -0.459 e. The van der Waals surface area contributed by atoms with Crippen molar-refractivity contribution >= 4 is 17.7 Å². The second kappa shape index (κ2) is 12.1. The Balaban J connectivity index is 1.31. The highest BCUT2D eigenvalue weighted by Gasteiger charge is 2.60. The number of fused-ring (bicyclic) bond motifs is 1. The highest BCUT2D eigenvalue weighted by molar-refractivity contribution is 5.72. The first-order chi connectivity index (χ1) is 19.4. The molecule has 0 aromatic heterocycles. The van der Waals surface area contributed by atoms with E-state index in [2.05, 4.69) is 20.6 Å². The molecular weight excluding hydrogens is 570 g/mol. The number of anilines is 1. The summed E-state index contributed by atoms with van der Waals surface area (Å²) in [4.78, 5) is 31.8. The molecule has 0 bridgehead atoms. The third kappa shape index (κ3) is 8.21. The normalized spacial score (nSPS) is 22.5. The fourth-order valence-corrected chi connectivity index (χ4v) is 5.90. The van der Waals surface area contributed by atoms with Crippen LogP contribution in [0.2, 0.25) is 0 Å². The summed E-state index contributed by atoms with van der Waals surface area (Å²) in [7, 11) is 0. The molecule has 0 saturated carbocycles. The van der Waals surface area contributed by atoms with Crippen molar-refractivity contribution in [1.29, 1.82) is 0 Å².